The van der Waals surface area contributed by atoms with Crippen LogP contribution in [0, 0.1) is 6.92 Å². The number of pyridine rings is 1. The molecule has 0 bridgehead atoms. The van der Waals surface area contributed by atoms with Crippen molar-refractivity contribution in [3.63, 3.8) is 0 Å². The molecule has 2 aliphatic heterocycles. The Morgan fingerprint density at radius 3 is 1.90 bits per heavy atom. The van der Waals surface area contributed by atoms with E-state index in [2.05, 4.69) is 174 Å². The van der Waals surface area contributed by atoms with Gasteiger partial charge in [0.15, 0.2) is 0 Å². The SMILES string of the molecule is Cc1ccc(N2CN(c3cccc(Oc4cc[c]5c(c4)-c4nccc[c]4[Ge]5([c]4ccccc4)[c]4ccccc4)c3)c3ccccc32)cc1. The third-order valence-corrected chi connectivity index (χ3v) is 19.9. The number of ether oxygens (including phenoxy) is 1. The largest absolute Gasteiger partial charge is 0.0573 e. The molecule has 6 aromatic carbocycles. The van der Waals surface area contributed by atoms with E-state index in [1.54, 1.807) is 0 Å². The Labute approximate surface area is 283 Å². The van der Waals surface area contributed by atoms with E-state index < -0.39 is 13.3 Å². The zero-order valence-electron chi connectivity index (χ0n) is 26.6. The quantitative estimate of drug-likeness (QED) is 0.168. The predicted molar refractivity (Wildman–Crippen MR) is 200 cm³/mol. The summed E-state index contributed by atoms with van der Waals surface area (Å²) in [5.74, 6) is 1.61. The number of fused-ring (bicyclic) bond motifs is 4. The summed E-state index contributed by atoms with van der Waals surface area (Å²) in [6.45, 7) is 2.85. The van der Waals surface area contributed by atoms with Crippen LogP contribution in [0.4, 0.5) is 22.7 Å². The van der Waals surface area contributed by atoms with Crippen LogP contribution in [0.3, 0.4) is 0 Å². The fraction of sp³-hybridized carbons (Fsp3) is 0.0465. The summed E-state index contributed by atoms with van der Waals surface area (Å²) in [5, 5.41) is 0. The molecule has 48 heavy (non-hydrogen) atoms. The van der Waals surface area contributed by atoms with Gasteiger partial charge in [0.2, 0.25) is 0 Å². The summed E-state index contributed by atoms with van der Waals surface area (Å²) < 4.78 is 12.2. The summed E-state index contributed by atoms with van der Waals surface area (Å²) in [6.07, 6.45) is 1.92. The third-order valence-electron chi connectivity index (χ3n) is 9.73. The maximum Gasteiger partial charge on any atom is -0.0381 e. The van der Waals surface area contributed by atoms with Gasteiger partial charge in [0.25, 0.3) is 0 Å². The molecule has 0 fully saturated rings. The average molecular weight is 680 g/mol. The standard InChI is InChI=1S/C43H33GeN3O/c1-31-21-23-34(24-22-31)46-30-47(42-20-9-8-19-41(42)46)35-16-10-17-36(28-35)48-37-25-26-39-38(29-37)43-40(18-11-27-45-43)44(39,32-12-4-2-5-13-32)33-14-6-3-7-15-33/h2-29H,30H2,1H3. The zero-order chi connectivity index (χ0) is 32.1. The van der Waals surface area contributed by atoms with Gasteiger partial charge in [-0.15, -0.1) is 0 Å². The second-order valence-corrected chi connectivity index (χ2v) is 20.3. The summed E-state index contributed by atoms with van der Waals surface area (Å²) in [5.41, 5.74) is 8.15. The number of aryl methyl sites for hydroxylation is 1. The third kappa shape index (κ3) is 4.55. The Morgan fingerprint density at radius 2 is 1.19 bits per heavy atom. The maximum atomic E-state index is 6.66. The van der Waals surface area contributed by atoms with Crippen LogP contribution >= 0.6 is 0 Å². The van der Waals surface area contributed by atoms with E-state index >= 15 is 0 Å². The van der Waals surface area contributed by atoms with Gasteiger partial charge in [-0.2, -0.15) is 0 Å². The molecule has 9 rings (SSSR count). The number of nitrogens with zero attached hydrogens (tertiary/aromatic N) is 3. The Hall–Kier alpha value is -5.59. The number of rotatable bonds is 6. The topological polar surface area (TPSA) is 28.6 Å². The van der Waals surface area contributed by atoms with E-state index in [0.717, 1.165) is 29.5 Å². The minimum atomic E-state index is -3.30. The molecular weight excluding hydrogens is 647 g/mol. The molecule has 0 spiro atoms. The summed E-state index contributed by atoms with van der Waals surface area (Å²) in [4.78, 5) is 9.72. The average Bonchev–Trinajstić information content (AvgIpc) is 3.67. The van der Waals surface area contributed by atoms with Crippen molar-refractivity contribution in [1.29, 1.82) is 0 Å². The molecule has 1 aromatic heterocycles. The molecule has 0 radical (unpaired) electrons. The molecule has 0 aliphatic carbocycles. The smallest absolute Gasteiger partial charge is 0.0381 e. The van der Waals surface area contributed by atoms with E-state index in [1.807, 2.05) is 12.3 Å². The van der Waals surface area contributed by atoms with Crippen LogP contribution < -0.4 is 32.1 Å². The Morgan fingerprint density at radius 1 is 0.542 bits per heavy atom. The molecule has 3 heterocycles. The number of hydrogen-bond acceptors (Lipinski definition) is 4. The first-order valence-electron chi connectivity index (χ1n) is 16.4. The summed E-state index contributed by atoms with van der Waals surface area (Å²) in [6, 6.07) is 59.0. The minimum absolute atomic E-state index is 0.723. The molecule has 0 saturated heterocycles. The monoisotopic (exact) mass is 681 g/mol. The number of aromatic nitrogens is 1. The fourth-order valence-electron chi connectivity index (χ4n) is 7.57. The van der Waals surface area contributed by atoms with Gasteiger partial charge in [-0.05, 0) is 19.1 Å². The minimum Gasteiger partial charge on any atom is -0.0573 e. The van der Waals surface area contributed by atoms with Crippen molar-refractivity contribution in [1.82, 2.24) is 4.98 Å². The molecule has 4 nitrogen and oxygen atoms in total. The van der Waals surface area contributed by atoms with E-state index in [-0.39, 0.29) is 0 Å². The van der Waals surface area contributed by atoms with Crippen LogP contribution in [0.1, 0.15) is 5.56 Å². The van der Waals surface area contributed by atoms with Crippen molar-refractivity contribution in [3.05, 3.63) is 176 Å². The second kappa shape index (κ2) is 11.6. The van der Waals surface area contributed by atoms with Gasteiger partial charge in [0, 0.05) is 0 Å². The zero-order valence-corrected chi connectivity index (χ0v) is 28.7. The first-order valence-corrected chi connectivity index (χ1v) is 20.6. The van der Waals surface area contributed by atoms with Crippen molar-refractivity contribution < 1.29 is 4.74 Å². The molecule has 5 heteroatoms. The first kappa shape index (κ1) is 28.6. The van der Waals surface area contributed by atoms with E-state index in [0.29, 0.717) is 0 Å². The molecule has 7 aromatic rings. The van der Waals surface area contributed by atoms with Crippen LogP contribution in [0.5, 0.6) is 11.5 Å². The van der Waals surface area contributed by atoms with Gasteiger partial charge in [-0.3, -0.25) is 0 Å². The van der Waals surface area contributed by atoms with Gasteiger partial charge in [-0.1, -0.05) is 23.8 Å². The molecule has 0 unspecified atom stereocenters. The van der Waals surface area contributed by atoms with Crippen molar-refractivity contribution in [2.45, 2.75) is 6.92 Å². The van der Waals surface area contributed by atoms with Gasteiger partial charge in [-0.25, -0.2) is 0 Å². The molecular formula is C43H33GeN3O. The Bertz CT molecular complexity index is 2230. The van der Waals surface area contributed by atoms with Crippen LogP contribution in [-0.4, -0.2) is 24.9 Å². The number of anilines is 4. The van der Waals surface area contributed by atoms with Crippen LogP contribution in [0.25, 0.3) is 11.3 Å². The van der Waals surface area contributed by atoms with E-state index in [9.17, 15) is 0 Å². The summed E-state index contributed by atoms with van der Waals surface area (Å²) in [7, 11) is 0. The van der Waals surface area contributed by atoms with Crippen molar-refractivity contribution in [3.8, 4) is 22.8 Å². The number of hydrogen-bond donors (Lipinski definition) is 0. The molecule has 0 amide bonds. The van der Waals surface area contributed by atoms with Crippen LogP contribution in [-0.2, 0) is 0 Å². The Balaban J connectivity index is 1.09. The summed E-state index contributed by atoms with van der Waals surface area (Å²) >= 11 is -3.30. The van der Waals surface area contributed by atoms with Gasteiger partial charge < -0.3 is 0 Å². The maximum absolute atomic E-state index is 6.66. The van der Waals surface area contributed by atoms with E-state index in [1.165, 1.54) is 45.8 Å². The molecule has 0 atom stereocenters. The first-order chi connectivity index (χ1) is 23.7. The fourth-order valence-corrected chi connectivity index (χ4v) is 18.2. The van der Waals surface area contributed by atoms with Gasteiger partial charge in [0.05, 0.1) is 0 Å². The number of benzene rings is 6. The molecule has 0 N–H and O–H groups in total. The van der Waals surface area contributed by atoms with Gasteiger partial charge in [0.1, 0.15) is 0 Å². The second-order valence-electron chi connectivity index (χ2n) is 12.5. The Kier molecular flexibility index (Phi) is 6.91. The normalized spacial score (nSPS) is 13.9. The molecule has 2 aliphatic rings. The van der Waals surface area contributed by atoms with Crippen LogP contribution in [0.15, 0.2) is 170 Å². The van der Waals surface area contributed by atoms with Crippen molar-refractivity contribution >= 4 is 53.6 Å². The van der Waals surface area contributed by atoms with E-state index in [4.69, 9.17) is 9.72 Å². The van der Waals surface area contributed by atoms with Crippen molar-refractivity contribution in [2.24, 2.45) is 0 Å². The predicted octanol–water partition coefficient (Wildman–Crippen LogP) is 7.79. The molecule has 230 valence electrons. The molecule has 0 saturated carbocycles. The van der Waals surface area contributed by atoms with Crippen molar-refractivity contribution in [2.75, 3.05) is 16.5 Å². The van der Waals surface area contributed by atoms with Gasteiger partial charge >= 0.3 is 242 Å². The van der Waals surface area contributed by atoms with Crippen LogP contribution in [0.2, 0.25) is 0 Å². The number of para-hydroxylation sites is 2.